The maximum atomic E-state index is 11.6. The van der Waals surface area contributed by atoms with Crippen molar-refractivity contribution in [1.29, 1.82) is 0 Å². The molecule has 0 amide bonds. The predicted molar refractivity (Wildman–Crippen MR) is 73.1 cm³/mol. The molecule has 0 aromatic heterocycles. The Balaban J connectivity index is 1.96. The summed E-state index contributed by atoms with van der Waals surface area (Å²) in [5, 5.41) is 15.7. The molecule has 3 heteroatoms. The van der Waals surface area contributed by atoms with Crippen LogP contribution in [0.5, 0.6) is 0 Å². The minimum absolute atomic E-state index is 0.00825. The molecule has 94 valence electrons. The first kappa shape index (κ1) is 11.7. The van der Waals surface area contributed by atoms with Gasteiger partial charge in [-0.15, -0.1) is 0 Å². The van der Waals surface area contributed by atoms with Crippen molar-refractivity contribution in [1.82, 2.24) is 0 Å². The highest BCUT2D eigenvalue weighted by atomic mass is 16.3. The highest BCUT2D eigenvalue weighted by Gasteiger charge is 2.29. The topological polar surface area (TPSA) is 38.4 Å². The second kappa shape index (κ2) is 5.06. The average Bonchev–Trinajstić information content (AvgIpc) is 2.82. The van der Waals surface area contributed by atoms with Crippen molar-refractivity contribution in [3.05, 3.63) is 71.8 Å². The summed E-state index contributed by atoms with van der Waals surface area (Å²) < 4.78 is 1.77. The van der Waals surface area contributed by atoms with E-state index in [1.807, 2.05) is 66.9 Å². The predicted octanol–water partition coefficient (Wildman–Crippen LogP) is 1.94. The van der Waals surface area contributed by atoms with Gasteiger partial charge >= 0.3 is 0 Å². The van der Waals surface area contributed by atoms with Crippen LogP contribution in [0.3, 0.4) is 0 Å². The molecule has 1 aliphatic rings. The van der Waals surface area contributed by atoms with Gasteiger partial charge in [-0.1, -0.05) is 53.2 Å². The number of rotatable bonds is 2. The molecular weight excluding hydrogens is 236 g/mol. The first-order chi connectivity index (χ1) is 9.33. The summed E-state index contributed by atoms with van der Waals surface area (Å²) in [5.74, 6) is -0.0685. The molecular formula is C16H14N2O. The average molecular weight is 250 g/mol. The minimum Gasteiger partial charge on any atom is -0.857 e. The van der Waals surface area contributed by atoms with Crippen molar-refractivity contribution in [2.75, 3.05) is 0 Å². The van der Waals surface area contributed by atoms with E-state index in [-0.39, 0.29) is 11.9 Å². The Morgan fingerprint density at radius 3 is 2.32 bits per heavy atom. The van der Waals surface area contributed by atoms with Crippen molar-refractivity contribution in [2.45, 2.75) is 12.5 Å². The molecule has 0 saturated carbocycles. The normalized spacial score (nSPS) is 20.5. The van der Waals surface area contributed by atoms with E-state index in [0.717, 1.165) is 11.1 Å². The van der Waals surface area contributed by atoms with Gasteiger partial charge < -0.3 is 5.11 Å². The molecule has 0 aliphatic carbocycles. The van der Waals surface area contributed by atoms with Crippen molar-refractivity contribution >= 4 is 12.1 Å². The van der Waals surface area contributed by atoms with E-state index < -0.39 is 0 Å². The van der Waals surface area contributed by atoms with Gasteiger partial charge in [-0.25, -0.2) is 0 Å². The second-order valence-corrected chi connectivity index (χ2v) is 4.54. The van der Waals surface area contributed by atoms with Gasteiger partial charge in [-0.3, -0.25) is 0 Å². The molecule has 0 N–H and O–H groups in total. The maximum absolute atomic E-state index is 11.6. The van der Waals surface area contributed by atoms with Crippen LogP contribution in [-0.2, 0) is 0 Å². The van der Waals surface area contributed by atoms with Gasteiger partial charge in [0.05, 0.1) is 6.42 Å². The number of benzene rings is 2. The van der Waals surface area contributed by atoms with Gasteiger partial charge in [0.15, 0.2) is 0 Å². The smallest absolute Gasteiger partial charge is 0.213 e. The molecule has 0 bridgehead atoms. The molecule has 2 aromatic rings. The number of nitrogens with zero attached hydrogens (tertiary/aromatic N) is 2. The molecule has 2 aromatic carbocycles. The summed E-state index contributed by atoms with van der Waals surface area (Å²) in [6, 6.07) is 19.9. The van der Waals surface area contributed by atoms with Gasteiger partial charge in [-0.2, -0.15) is 0 Å². The zero-order valence-corrected chi connectivity index (χ0v) is 10.4. The molecule has 0 fully saturated rings. The standard InChI is InChI=1S/C16H14N2O/c19-16-11-15(14-9-5-2-6-10-14)18(17-16)12-13-7-3-1-4-8-13/h1-10,12,15H,11H2/b18-12-/t15-/m1/s1. The number of hydrogen-bond acceptors (Lipinski definition) is 2. The molecule has 3 nitrogen and oxygen atoms in total. The lowest BCUT2D eigenvalue weighted by atomic mass is 10.0. The van der Waals surface area contributed by atoms with Crippen molar-refractivity contribution in [2.24, 2.45) is 5.10 Å². The van der Waals surface area contributed by atoms with Crippen molar-refractivity contribution < 1.29 is 9.79 Å². The molecule has 0 unspecified atom stereocenters. The van der Waals surface area contributed by atoms with Gasteiger partial charge in [0.2, 0.25) is 12.3 Å². The van der Waals surface area contributed by atoms with E-state index in [9.17, 15) is 5.11 Å². The lowest BCUT2D eigenvalue weighted by Crippen LogP contribution is -2.15. The minimum atomic E-state index is -0.0685. The summed E-state index contributed by atoms with van der Waals surface area (Å²) in [5.41, 5.74) is 2.16. The van der Waals surface area contributed by atoms with E-state index in [4.69, 9.17) is 0 Å². The Morgan fingerprint density at radius 2 is 1.63 bits per heavy atom. The van der Waals surface area contributed by atoms with E-state index in [1.165, 1.54) is 0 Å². The van der Waals surface area contributed by atoms with Crippen LogP contribution in [0, 0.1) is 0 Å². The van der Waals surface area contributed by atoms with Gasteiger partial charge in [0, 0.05) is 17.0 Å². The Kier molecular flexibility index (Phi) is 3.11. The summed E-state index contributed by atoms with van der Waals surface area (Å²) in [4.78, 5) is 0. The monoisotopic (exact) mass is 250 g/mol. The second-order valence-electron chi connectivity index (χ2n) is 4.54. The Bertz CT molecular complexity index is 618. The fraction of sp³-hybridized carbons (Fsp3) is 0.125. The van der Waals surface area contributed by atoms with Crippen LogP contribution in [0.25, 0.3) is 0 Å². The fourth-order valence-corrected chi connectivity index (χ4v) is 2.25. The van der Waals surface area contributed by atoms with Crippen LogP contribution in [0.1, 0.15) is 23.6 Å². The number of hydrogen-bond donors (Lipinski definition) is 0. The van der Waals surface area contributed by atoms with E-state index >= 15 is 0 Å². The van der Waals surface area contributed by atoms with Crippen LogP contribution >= 0.6 is 0 Å². The van der Waals surface area contributed by atoms with Crippen LogP contribution in [0.4, 0.5) is 0 Å². The lowest BCUT2D eigenvalue weighted by molar-refractivity contribution is -0.563. The Hall–Kier alpha value is -2.42. The van der Waals surface area contributed by atoms with Gasteiger partial charge in [0.25, 0.3) is 0 Å². The van der Waals surface area contributed by atoms with Crippen LogP contribution in [-0.4, -0.2) is 16.8 Å². The summed E-state index contributed by atoms with van der Waals surface area (Å²) >= 11 is 0. The largest absolute Gasteiger partial charge is 0.857 e. The van der Waals surface area contributed by atoms with Crippen molar-refractivity contribution in [3.8, 4) is 0 Å². The molecule has 0 spiro atoms. The van der Waals surface area contributed by atoms with E-state index in [0.29, 0.717) is 6.42 Å². The SMILES string of the molecule is [O-]C1=N/[N+](=C\c2ccccc2)[C@@H](c2ccccc2)C1. The third-order valence-electron chi connectivity index (χ3n) is 3.18. The molecule has 0 saturated heterocycles. The molecule has 19 heavy (non-hydrogen) atoms. The van der Waals surface area contributed by atoms with Crippen LogP contribution < -0.4 is 5.11 Å². The molecule has 1 heterocycles. The third kappa shape index (κ3) is 2.55. The molecule has 3 rings (SSSR count). The lowest BCUT2D eigenvalue weighted by Gasteiger charge is -2.05. The zero-order valence-electron chi connectivity index (χ0n) is 10.4. The van der Waals surface area contributed by atoms with E-state index in [2.05, 4.69) is 5.10 Å². The van der Waals surface area contributed by atoms with Crippen molar-refractivity contribution in [3.63, 3.8) is 0 Å². The summed E-state index contributed by atoms with van der Waals surface area (Å²) in [6.07, 6.45) is 2.36. The third-order valence-corrected chi connectivity index (χ3v) is 3.18. The highest BCUT2D eigenvalue weighted by Crippen LogP contribution is 2.25. The van der Waals surface area contributed by atoms with Gasteiger partial charge in [-0.05, 0) is 17.2 Å². The summed E-state index contributed by atoms with van der Waals surface area (Å²) in [7, 11) is 0. The Morgan fingerprint density at radius 1 is 1.00 bits per heavy atom. The fourth-order valence-electron chi connectivity index (χ4n) is 2.25. The first-order valence-electron chi connectivity index (χ1n) is 6.30. The van der Waals surface area contributed by atoms with Crippen LogP contribution in [0.2, 0.25) is 0 Å². The van der Waals surface area contributed by atoms with E-state index in [1.54, 1.807) is 4.68 Å². The summed E-state index contributed by atoms with van der Waals surface area (Å²) in [6.45, 7) is 0. The number of hydrazone groups is 1. The molecule has 1 aliphatic heterocycles. The zero-order chi connectivity index (χ0) is 13.1. The van der Waals surface area contributed by atoms with Gasteiger partial charge in [0.1, 0.15) is 0 Å². The highest BCUT2D eigenvalue weighted by molar-refractivity contribution is 5.78. The quantitative estimate of drug-likeness (QED) is 0.751. The molecule has 0 radical (unpaired) electrons. The Labute approximate surface area is 112 Å². The maximum Gasteiger partial charge on any atom is 0.213 e. The first-order valence-corrected chi connectivity index (χ1v) is 6.30. The van der Waals surface area contributed by atoms with Crippen LogP contribution in [0.15, 0.2) is 65.8 Å². The molecule has 1 atom stereocenters.